The Morgan fingerprint density at radius 3 is 2.48 bits per heavy atom. The first kappa shape index (κ1) is 13.6. The smallest absolute Gasteiger partial charge is 0.156 e. The minimum absolute atomic E-state index is 0.208. The molecule has 2 heteroatoms. The first-order valence-electron chi connectivity index (χ1n) is 7.22. The fourth-order valence-electron chi connectivity index (χ4n) is 2.98. The maximum Gasteiger partial charge on any atom is 0.156 e. The van der Waals surface area contributed by atoms with E-state index >= 15 is 0 Å². The van der Waals surface area contributed by atoms with Crippen LogP contribution in [0.4, 0.5) is 0 Å². The van der Waals surface area contributed by atoms with Crippen molar-refractivity contribution in [2.45, 2.75) is 18.8 Å². The van der Waals surface area contributed by atoms with Crippen molar-refractivity contribution in [1.82, 2.24) is 0 Å². The van der Waals surface area contributed by atoms with Gasteiger partial charge < -0.3 is 4.74 Å². The Morgan fingerprint density at radius 1 is 1.00 bits per heavy atom. The Kier molecular flexibility index (Phi) is 3.87. The van der Waals surface area contributed by atoms with Gasteiger partial charge in [0, 0.05) is 17.9 Å². The second-order valence-corrected chi connectivity index (χ2v) is 5.27. The average Bonchev–Trinajstić information content (AvgIpc) is 2.55. The maximum atomic E-state index is 11.9. The van der Waals surface area contributed by atoms with Crippen LogP contribution in [0.25, 0.3) is 5.57 Å². The monoisotopic (exact) mass is 278 g/mol. The van der Waals surface area contributed by atoms with Gasteiger partial charge in [0.25, 0.3) is 0 Å². The molecule has 3 rings (SSSR count). The van der Waals surface area contributed by atoms with Crippen LogP contribution < -0.4 is 4.74 Å². The third-order valence-corrected chi connectivity index (χ3v) is 3.99. The highest BCUT2D eigenvalue weighted by Gasteiger charge is 2.26. The van der Waals surface area contributed by atoms with Crippen LogP contribution >= 0.6 is 0 Å². The number of benzene rings is 2. The van der Waals surface area contributed by atoms with Crippen LogP contribution in [0, 0.1) is 0 Å². The molecule has 0 N–H and O–H groups in total. The minimum Gasteiger partial charge on any atom is -0.496 e. The largest absolute Gasteiger partial charge is 0.496 e. The molecular formula is C19H18O2. The van der Waals surface area contributed by atoms with Gasteiger partial charge in [0.05, 0.1) is 7.11 Å². The Hall–Kier alpha value is -2.35. The molecule has 0 spiro atoms. The van der Waals surface area contributed by atoms with Crippen LogP contribution in [0.2, 0.25) is 0 Å². The lowest BCUT2D eigenvalue weighted by Gasteiger charge is -2.26. The molecule has 1 aliphatic carbocycles. The first-order chi connectivity index (χ1) is 10.3. The summed E-state index contributed by atoms with van der Waals surface area (Å²) in [5, 5.41) is 0. The second-order valence-electron chi connectivity index (χ2n) is 5.27. The summed E-state index contributed by atoms with van der Waals surface area (Å²) in [7, 11) is 1.69. The first-order valence-corrected chi connectivity index (χ1v) is 7.22. The van der Waals surface area contributed by atoms with Crippen molar-refractivity contribution in [3.05, 3.63) is 71.8 Å². The van der Waals surface area contributed by atoms with Gasteiger partial charge in [-0.1, -0.05) is 48.5 Å². The Labute approximate surface area is 125 Å². The molecule has 1 aliphatic rings. The van der Waals surface area contributed by atoms with E-state index in [0.717, 1.165) is 28.9 Å². The zero-order valence-corrected chi connectivity index (χ0v) is 12.1. The molecule has 0 unspecified atom stereocenters. The fourth-order valence-corrected chi connectivity index (χ4v) is 2.98. The zero-order chi connectivity index (χ0) is 14.7. The number of methoxy groups -OCH3 is 1. The van der Waals surface area contributed by atoms with Gasteiger partial charge in [0.1, 0.15) is 5.75 Å². The van der Waals surface area contributed by atoms with E-state index in [0.29, 0.717) is 6.42 Å². The Balaban J connectivity index is 2.08. The number of para-hydroxylation sites is 1. The molecule has 1 atom stereocenters. The van der Waals surface area contributed by atoms with Crippen LogP contribution in [0.1, 0.15) is 29.9 Å². The number of hydrogen-bond donors (Lipinski definition) is 0. The van der Waals surface area contributed by atoms with Crippen molar-refractivity contribution < 1.29 is 9.53 Å². The lowest BCUT2D eigenvalue weighted by Crippen LogP contribution is -2.13. The Morgan fingerprint density at radius 2 is 1.71 bits per heavy atom. The molecule has 0 amide bonds. The van der Waals surface area contributed by atoms with Crippen LogP contribution in [-0.2, 0) is 4.79 Å². The molecule has 2 nitrogen and oxygen atoms in total. The summed E-state index contributed by atoms with van der Waals surface area (Å²) in [4.78, 5) is 11.9. The van der Waals surface area contributed by atoms with E-state index in [1.54, 1.807) is 13.2 Å². The van der Waals surface area contributed by atoms with E-state index in [9.17, 15) is 4.79 Å². The van der Waals surface area contributed by atoms with E-state index in [1.807, 2.05) is 36.4 Å². The highest BCUT2D eigenvalue weighted by molar-refractivity contribution is 6.00. The zero-order valence-electron chi connectivity index (χ0n) is 12.1. The van der Waals surface area contributed by atoms with Gasteiger partial charge in [-0.25, -0.2) is 0 Å². The summed E-state index contributed by atoms with van der Waals surface area (Å²) in [5.74, 6) is 1.31. The number of ketones is 1. The normalized spacial score (nSPS) is 18.2. The predicted molar refractivity (Wildman–Crippen MR) is 84.4 cm³/mol. The summed E-state index contributed by atoms with van der Waals surface area (Å²) in [6.07, 6.45) is 3.23. The number of ether oxygens (including phenoxy) is 1. The van der Waals surface area contributed by atoms with Gasteiger partial charge in [-0.15, -0.1) is 0 Å². The lowest BCUT2D eigenvalue weighted by molar-refractivity contribution is -0.114. The van der Waals surface area contributed by atoms with E-state index in [1.165, 1.54) is 0 Å². The van der Waals surface area contributed by atoms with E-state index in [2.05, 4.69) is 18.2 Å². The second kappa shape index (κ2) is 5.96. The van der Waals surface area contributed by atoms with Gasteiger partial charge in [-0.2, -0.15) is 0 Å². The molecule has 0 aromatic heterocycles. The fraction of sp³-hybridized carbons (Fsp3) is 0.211. The van der Waals surface area contributed by atoms with Crippen molar-refractivity contribution in [1.29, 1.82) is 0 Å². The molecule has 0 heterocycles. The van der Waals surface area contributed by atoms with Crippen molar-refractivity contribution in [3.8, 4) is 5.75 Å². The quantitative estimate of drug-likeness (QED) is 0.840. The van der Waals surface area contributed by atoms with Gasteiger partial charge in [-0.05, 0) is 29.7 Å². The molecule has 21 heavy (non-hydrogen) atoms. The third-order valence-electron chi connectivity index (χ3n) is 3.99. The van der Waals surface area contributed by atoms with Gasteiger partial charge >= 0.3 is 0 Å². The van der Waals surface area contributed by atoms with Crippen LogP contribution in [-0.4, -0.2) is 12.9 Å². The molecule has 0 saturated heterocycles. The standard InChI is InChI=1S/C19H18O2/c1-21-19-10-6-5-9-17(19)16-12-11-15(20)13-18(16)14-7-3-2-4-8-14/h2-10,13,16H,11-12H2,1H3/t16-/m0/s1. The van der Waals surface area contributed by atoms with Crippen LogP contribution in [0.5, 0.6) is 5.75 Å². The van der Waals surface area contributed by atoms with Crippen LogP contribution in [0.3, 0.4) is 0 Å². The molecule has 0 aliphatic heterocycles. The number of rotatable bonds is 3. The highest BCUT2D eigenvalue weighted by Crippen LogP contribution is 2.42. The van der Waals surface area contributed by atoms with Crippen molar-refractivity contribution in [2.24, 2.45) is 0 Å². The summed E-state index contributed by atoms with van der Waals surface area (Å²) in [6.45, 7) is 0. The molecule has 0 bridgehead atoms. The van der Waals surface area contributed by atoms with E-state index < -0.39 is 0 Å². The molecule has 0 radical (unpaired) electrons. The van der Waals surface area contributed by atoms with Crippen molar-refractivity contribution in [2.75, 3.05) is 7.11 Å². The summed E-state index contributed by atoms with van der Waals surface area (Å²) in [5.41, 5.74) is 3.36. The van der Waals surface area contributed by atoms with Gasteiger partial charge in [0.15, 0.2) is 5.78 Å². The summed E-state index contributed by atoms with van der Waals surface area (Å²) in [6, 6.07) is 18.2. The maximum absolute atomic E-state index is 11.9. The topological polar surface area (TPSA) is 26.3 Å². The molecule has 2 aromatic carbocycles. The molecule has 0 fully saturated rings. The van der Waals surface area contributed by atoms with Crippen molar-refractivity contribution >= 4 is 11.4 Å². The minimum atomic E-state index is 0.208. The van der Waals surface area contributed by atoms with Gasteiger partial charge in [0.2, 0.25) is 0 Å². The molecule has 2 aromatic rings. The molecule has 106 valence electrons. The highest BCUT2D eigenvalue weighted by atomic mass is 16.5. The van der Waals surface area contributed by atoms with Gasteiger partial charge in [-0.3, -0.25) is 4.79 Å². The number of allylic oxidation sites excluding steroid dienone is 2. The Bertz CT molecular complexity index is 671. The SMILES string of the molecule is COc1ccccc1[C@@H]1CCC(=O)C=C1c1ccccc1. The van der Waals surface area contributed by atoms with Crippen LogP contribution in [0.15, 0.2) is 60.7 Å². The van der Waals surface area contributed by atoms with E-state index in [-0.39, 0.29) is 11.7 Å². The molecular weight excluding hydrogens is 260 g/mol. The van der Waals surface area contributed by atoms with E-state index in [4.69, 9.17) is 4.74 Å². The molecule has 0 saturated carbocycles. The summed E-state index contributed by atoms with van der Waals surface area (Å²) < 4.78 is 5.50. The number of hydrogen-bond acceptors (Lipinski definition) is 2. The average molecular weight is 278 g/mol. The number of carbonyl (C=O) groups excluding carboxylic acids is 1. The van der Waals surface area contributed by atoms with Crippen molar-refractivity contribution in [3.63, 3.8) is 0 Å². The third kappa shape index (κ3) is 2.75. The predicted octanol–water partition coefficient (Wildman–Crippen LogP) is 4.23. The lowest BCUT2D eigenvalue weighted by atomic mass is 9.79. The number of carbonyl (C=O) groups is 1. The summed E-state index contributed by atoms with van der Waals surface area (Å²) >= 11 is 0.